The van der Waals surface area contributed by atoms with Gasteiger partial charge in [-0.2, -0.15) is 0 Å². The number of ether oxygens (including phenoxy) is 1. The Morgan fingerprint density at radius 3 is 2.67 bits per heavy atom. The highest BCUT2D eigenvalue weighted by atomic mass is 32.2. The summed E-state index contributed by atoms with van der Waals surface area (Å²) in [6, 6.07) is 6.49. The van der Waals surface area contributed by atoms with Gasteiger partial charge in [-0.05, 0) is 37.6 Å². The number of fused-ring (bicyclic) bond motifs is 1. The van der Waals surface area contributed by atoms with Gasteiger partial charge in [0.1, 0.15) is 0 Å². The van der Waals surface area contributed by atoms with Crippen molar-refractivity contribution in [2.45, 2.75) is 32.0 Å². The molecule has 1 amide bonds. The van der Waals surface area contributed by atoms with Crippen LogP contribution < -0.4 is 10.9 Å². The minimum absolute atomic E-state index is 0.0626. The van der Waals surface area contributed by atoms with Gasteiger partial charge in [-0.25, -0.2) is 9.78 Å². The van der Waals surface area contributed by atoms with Crippen LogP contribution in [0.25, 0.3) is 0 Å². The van der Waals surface area contributed by atoms with E-state index in [0.29, 0.717) is 40.7 Å². The first-order valence-corrected chi connectivity index (χ1v) is 9.65. The molecule has 2 aromatic rings. The lowest BCUT2D eigenvalue weighted by Crippen LogP contribution is -2.38. The molecule has 7 nitrogen and oxygen atoms in total. The van der Waals surface area contributed by atoms with E-state index in [-0.39, 0.29) is 17.4 Å². The highest BCUT2D eigenvalue weighted by Crippen LogP contribution is 2.26. The maximum Gasteiger partial charge on any atom is 0.337 e. The summed E-state index contributed by atoms with van der Waals surface area (Å²) < 4.78 is 6.26. The van der Waals surface area contributed by atoms with Gasteiger partial charge >= 0.3 is 5.97 Å². The number of methoxy groups -OCH3 is 1. The zero-order chi connectivity index (χ0) is 19.6. The SMILES string of the molecule is CCc1c(C)nc2n(c1=O)C[C@H](C(=O)Nc1ccc(C(=O)OC)cc1)CS2. The van der Waals surface area contributed by atoms with Gasteiger partial charge in [0.15, 0.2) is 5.16 Å². The lowest BCUT2D eigenvalue weighted by Gasteiger charge is -2.25. The fourth-order valence-corrected chi connectivity index (χ4v) is 4.13. The fraction of sp³-hybridized carbons (Fsp3) is 0.368. The van der Waals surface area contributed by atoms with Crippen LogP contribution >= 0.6 is 11.8 Å². The first-order chi connectivity index (χ1) is 12.9. The van der Waals surface area contributed by atoms with E-state index in [1.54, 1.807) is 28.8 Å². The molecule has 1 N–H and O–H groups in total. The molecule has 1 aliphatic rings. The summed E-state index contributed by atoms with van der Waals surface area (Å²) >= 11 is 1.42. The van der Waals surface area contributed by atoms with Crippen molar-refractivity contribution in [3.63, 3.8) is 0 Å². The molecule has 0 unspecified atom stereocenters. The molecule has 27 heavy (non-hydrogen) atoms. The lowest BCUT2D eigenvalue weighted by molar-refractivity contribution is -0.119. The molecule has 0 bridgehead atoms. The third-order valence-corrected chi connectivity index (χ3v) is 5.69. The summed E-state index contributed by atoms with van der Waals surface area (Å²) in [5.41, 5.74) is 2.39. The van der Waals surface area contributed by atoms with Crippen LogP contribution in [-0.2, 0) is 22.5 Å². The van der Waals surface area contributed by atoms with Gasteiger partial charge in [0.2, 0.25) is 5.91 Å². The third kappa shape index (κ3) is 3.90. The first kappa shape index (κ1) is 19.2. The second-order valence-electron chi connectivity index (χ2n) is 6.29. The zero-order valence-electron chi connectivity index (χ0n) is 15.4. The molecule has 1 aliphatic heterocycles. The largest absolute Gasteiger partial charge is 0.465 e. The topological polar surface area (TPSA) is 90.3 Å². The van der Waals surface area contributed by atoms with E-state index < -0.39 is 5.97 Å². The number of esters is 1. The number of anilines is 1. The zero-order valence-corrected chi connectivity index (χ0v) is 16.3. The summed E-state index contributed by atoms with van der Waals surface area (Å²) in [6.45, 7) is 4.09. The monoisotopic (exact) mass is 387 g/mol. The number of carbonyl (C=O) groups excluding carboxylic acids is 2. The van der Waals surface area contributed by atoms with Crippen LogP contribution in [0.1, 0.15) is 28.5 Å². The molecular formula is C19H21N3O4S. The van der Waals surface area contributed by atoms with E-state index in [9.17, 15) is 14.4 Å². The molecule has 1 aromatic heterocycles. The first-order valence-electron chi connectivity index (χ1n) is 8.67. The Morgan fingerprint density at radius 1 is 1.33 bits per heavy atom. The van der Waals surface area contributed by atoms with E-state index in [4.69, 9.17) is 0 Å². The van der Waals surface area contributed by atoms with Crippen LogP contribution in [0.5, 0.6) is 0 Å². The predicted octanol–water partition coefficient (Wildman–Crippen LogP) is 2.26. The van der Waals surface area contributed by atoms with E-state index in [1.165, 1.54) is 18.9 Å². The third-order valence-electron chi connectivity index (χ3n) is 4.55. The van der Waals surface area contributed by atoms with Crippen LogP contribution in [0.4, 0.5) is 5.69 Å². The Balaban J connectivity index is 1.74. The quantitative estimate of drug-likeness (QED) is 0.639. The Bertz CT molecular complexity index is 937. The molecular weight excluding hydrogens is 366 g/mol. The van der Waals surface area contributed by atoms with Crippen LogP contribution in [0.3, 0.4) is 0 Å². The maximum absolute atomic E-state index is 12.7. The van der Waals surface area contributed by atoms with E-state index in [1.807, 2.05) is 13.8 Å². The van der Waals surface area contributed by atoms with E-state index in [0.717, 1.165) is 5.69 Å². The Morgan fingerprint density at radius 2 is 2.04 bits per heavy atom. The molecule has 0 radical (unpaired) electrons. The number of hydrogen-bond donors (Lipinski definition) is 1. The summed E-state index contributed by atoms with van der Waals surface area (Å²) in [4.78, 5) is 41.3. The Labute approximate surface area is 161 Å². The van der Waals surface area contributed by atoms with E-state index in [2.05, 4.69) is 15.0 Å². The van der Waals surface area contributed by atoms with Crippen molar-refractivity contribution in [3.8, 4) is 0 Å². The maximum atomic E-state index is 12.7. The van der Waals surface area contributed by atoms with Crippen molar-refractivity contribution < 1.29 is 14.3 Å². The van der Waals surface area contributed by atoms with Gasteiger partial charge in [-0.3, -0.25) is 14.2 Å². The molecule has 0 fully saturated rings. The lowest BCUT2D eigenvalue weighted by atomic mass is 10.1. The Kier molecular flexibility index (Phi) is 5.65. The number of rotatable bonds is 4. The van der Waals surface area contributed by atoms with Crippen molar-refractivity contribution in [1.29, 1.82) is 0 Å². The molecule has 1 atom stereocenters. The average molecular weight is 387 g/mol. The molecule has 1 aromatic carbocycles. The second-order valence-corrected chi connectivity index (χ2v) is 7.28. The highest BCUT2D eigenvalue weighted by Gasteiger charge is 2.28. The van der Waals surface area contributed by atoms with Crippen LogP contribution in [0.15, 0.2) is 34.2 Å². The molecule has 0 spiro atoms. The number of thioether (sulfide) groups is 1. The number of aryl methyl sites for hydroxylation is 1. The summed E-state index contributed by atoms with van der Waals surface area (Å²) in [6.07, 6.45) is 0.617. The van der Waals surface area contributed by atoms with Gasteiger partial charge in [0.05, 0.1) is 18.6 Å². The minimum Gasteiger partial charge on any atom is -0.465 e. The summed E-state index contributed by atoms with van der Waals surface area (Å²) in [5.74, 6) is -0.370. The number of carbonyl (C=O) groups is 2. The smallest absolute Gasteiger partial charge is 0.337 e. The predicted molar refractivity (Wildman–Crippen MR) is 103 cm³/mol. The van der Waals surface area contributed by atoms with E-state index >= 15 is 0 Å². The molecule has 142 valence electrons. The number of benzene rings is 1. The molecule has 2 heterocycles. The minimum atomic E-state index is -0.429. The summed E-state index contributed by atoms with van der Waals surface area (Å²) in [7, 11) is 1.32. The Hall–Kier alpha value is -2.61. The van der Waals surface area contributed by atoms with Crippen molar-refractivity contribution in [2.75, 3.05) is 18.2 Å². The molecule has 0 aliphatic carbocycles. The fourth-order valence-electron chi connectivity index (χ4n) is 3.01. The van der Waals surface area contributed by atoms with Gasteiger partial charge in [0, 0.05) is 29.2 Å². The number of nitrogens with zero attached hydrogens (tertiary/aromatic N) is 2. The van der Waals surface area contributed by atoms with Gasteiger partial charge in [-0.1, -0.05) is 18.7 Å². The number of hydrogen-bond acceptors (Lipinski definition) is 6. The van der Waals surface area contributed by atoms with Gasteiger partial charge in [0.25, 0.3) is 5.56 Å². The second kappa shape index (κ2) is 7.96. The van der Waals surface area contributed by atoms with Crippen LogP contribution in [0, 0.1) is 12.8 Å². The number of aromatic nitrogens is 2. The highest BCUT2D eigenvalue weighted by molar-refractivity contribution is 7.99. The molecule has 0 saturated carbocycles. The number of amides is 1. The standard InChI is InChI=1S/C19H21N3O4S/c1-4-15-11(2)20-19-22(17(15)24)9-13(10-27-19)16(23)21-14-7-5-12(6-8-14)18(25)26-3/h5-8,13H,4,9-10H2,1-3H3,(H,21,23)/t13-/m0/s1. The molecule has 3 rings (SSSR count). The van der Waals surface area contributed by atoms with Crippen LogP contribution in [-0.4, -0.2) is 34.3 Å². The van der Waals surface area contributed by atoms with Crippen molar-refractivity contribution in [2.24, 2.45) is 5.92 Å². The molecule has 8 heteroatoms. The molecule has 0 saturated heterocycles. The van der Waals surface area contributed by atoms with Gasteiger partial charge in [-0.15, -0.1) is 0 Å². The van der Waals surface area contributed by atoms with Crippen molar-refractivity contribution >= 4 is 29.3 Å². The summed E-state index contributed by atoms with van der Waals surface area (Å²) in [5, 5.41) is 3.51. The van der Waals surface area contributed by atoms with Crippen molar-refractivity contribution in [3.05, 3.63) is 51.4 Å². The van der Waals surface area contributed by atoms with Crippen LogP contribution in [0.2, 0.25) is 0 Å². The van der Waals surface area contributed by atoms with Crippen molar-refractivity contribution in [1.82, 2.24) is 9.55 Å². The van der Waals surface area contributed by atoms with Gasteiger partial charge < -0.3 is 10.1 Å². The number of nitrogens with one attached hydrogen (secondary N) is 1. The average Bonchev–Trinajstić information content (AvgIpc) is 2.68. The normalized spacial score (nSPS) is 15.7.